The Morgan fingerprint density at radius 2 is 1.94 bits per heavy atom. The molecule has 0 amide bonds. The van der Waals surface area contributed by atoms with Gasteiger partial charge in [-0.1, -0.05) is 27.7 Å². The number of fused-ring (bicyclic) bond motifs is 4. The van der Waals surface area contributed by atoms with Crippen molar-refractivity contribution in [1.29, 1.82) is 0 Å². The van der Waals surface area contributed by atoms with Crippen molar-refractivity contribution >= 4 is 0 Å². The lowest BCUT2D eigenvalue weighted by atomic mass is 9.76. The molecule has 0 aromatic heterocycles. The van der Waals surface area contributed by atoms with Gasteiger partial charge in [-0.2, -0.15) is 0 Å². The largest absolute Gasteiger partial charge is 0.302 e. The monoisotopic (exact) mass is 252 g/mol. The first-order chi connectivity index (χ1) is 8.22. The zero-order valence-electron chi connectivity index (χ0n) is 11.6. The van der Waals surface area contributed by atoms with Crippen LogP contribution in [0.2, 0.25) is 0 Å². The Labute approximate surface area is 114 Å². The highest BCUT2D eigenvalue weighted by atomic mass is 15.2. The molecule has 3 aliphatic rings. The molecule has 3 saturated heterocycles. The van der Waals surface area contributed by atoms with Crippen molar-refractivity contribution < 1.29 is 0 Å². The number of rotatable bonds is 2. The topological polar surface area (TPSA) is 6.48 Å². The van der Waals surface area contributed by atoms with Crippen LogP contribution in [0.15, 0.2) is 0 Å². The van der Waals surface area contributed by atoms with Crippen LogP contribution in [0, 0.1) is 17.8 Å². The Hall–Kier alpha value is -0.0800. The number of hydrogen-bond donors (Lipinski definition) is 0. The first-order valence-electron chi connectivity index (χ1n) is 7.69. The highest BCUT2D eigenvalue weighted by Gasteiger charge is 2.41. The molecule has 2 bridgehead atoms. The van der Waals surface area contributed by atoms with Crippen LogP contribution in [0.4, 0.5) is 0 Å². The van der Waals surface area contributed by atoms with Crippen LogP contribution in [0.25, 0.3) is 0 Å². The molecule has 0 aliphatic carbocycles. The van der Waals surface area contributed by atoms with E-state index in [0.29, 0.717) is 0 Å². The average molecular weight is 252 g/mol. The molecule has 0 radical (unpaired) electrons. The standard InChI is InChI=1S/C15H28N2.CH4/c1-12(2)8-16-9-13-7-14(11-16)15-5-3-4-6-17(15)10-13;/h12-15H,3-11H2,1-2H3;1H4/t13-,14+,15-;/m0./s1. The summed E-state index contributed by atoms with van der Waals surface area (Å²) in [5.41, 5.74) is 0. The van der Waals surface area contributed by atoms with Crippen molar-refractivity contribution in [2.45, 2.75) is 53.0 Å². The Kier molecular flexibility index (Phi) is 4.71. The first-order valence-corrected chi connectivity index (χ1v) is 7.69. The van der Waals surface area contributed by atoms with E-state index in [9.17, 15) is 0 Å². The van der Waals surface area contributed by atoms with Gasteiger partial charge >= 0.3 is 0 Å². The molecular formula is C16H32N2. The molecule has 3 aliphatic heterocycles. The fourth-order valence-corrected chi connectivity index (χ4v) is 4.53. The highest BCUT2D eigenvalue weighted by molar-refractivity contribution is 4.95. The lowest BCUT2D eigenvalue weighted by Crippen LogP contribution is -2.59. The minimum atomic E-state index is 0. The summed E-state index contributed by atoms with van der Waals surface area (Å²) >= 11 is 0. The molecular weight excluding hydrogens is 220 g/mol. The quantitative estimate of drug-likeness (QED) is 0.745. The van der Waals surface area contributed by atoms with Crippen molar-refractivity contribution in [3.8, 4) is 0 Å². The zero-order chi connectivity index (χ0) is 11.8. The Morgan fingerprint density at radius 3 is 2.72 bits per heavy atom. The van der Waals surface area contributed by atoms with E-state index in [1.165, 1.54) is 58.4 Å². The second kappa shape index (κ2) is 5.92. The van der Waals surface area contributed by atoms with Gasteiger partial charge in [0.1, 0.15) is 0 Å². The average Bonchev–Trinajstić information content (AvgIpc) is 2.27. The second-order valence-electron chi connectivity index (χ2n) is 7.03. The molecule has 3 heterocycles. The third kappa shape index (κ3) is 2.91. The van der Waals surface area contributed by atoms with E-state index in [4.69, 9.17) is 0 Å². The SMILES string of the molecule is C.CC(C)CN1C[C@@H]2C[C@H](C1)[C@@H]1CCCCN1C2. The third-order valence-corrected chi connectivity index (χ3v) is 4.97. The summed E-state index contributed by atoms with van der Waals surface area (Å²) in [6.45, 7) is 11.6. The van der Waals surface area contributed by atoms with Gasteiger partial charge < -0.3 is 4.90 Å². The minimum absolute atomic E-state index is 0. The molecule has 0 aromatic carbocycles. The number of nitrogens with zero attached hydrogens (tertiary/aromatic N) is 2. The van der Waals surface area contributed by atoms with E-state index in [2.05, 4.69) is 23.6 Å². The van der Waals surface area contributed by atoms with Crippen molar-refractivity contribution in [3.63, 3.8) is 0 Å². The molecule has 3 rings (SSSR count). The second-order valence-corrected chi connectivity index (χ2v) is 7.03. The van der Waals surface area contributed by atoms with E-state index in [0.717, 1.165) is 23.8 Å². The maximum absolute atomic E-state index is 2.83. The molecule has 18 heavy (non-hydrogen) atoms. The predicted molar refractivity (Wildman–Crippen MR) is 78.8 cm³/mol. The van der Waals surface area contributed by atoms with E-state index in [1.807, 2.05) is 0 Å². The molecule has 3 atom stereocenters. The normalized spacial score (nSPS) is 37.2. The summed E-state index contributed by atoms with van der Waals surface area (Å²) in [5.74, 6) is 2.79. The molecule has 2 nitrogen and oxygen atoms in total. The summed E-state index contributed by atoms with van der Waals surface area (Å²) in [6, 6.07) is 0.940. The van der Waals surface area contributed by atoms with E-state index >= 15 is 0 Å². The van der Waals surface area contributed by atoms with Gasteiger partial charge in [-0.25, -0.2) is 0 Å². The lowest BCUT2D eigenvalue weighted by molar-refractivity contribution is -0.0327. The van der Waals surface area contributed by atoms with Crippen molar-refractivity contribution in [2.24, 2.45) is 17.8 Å². The van der Waals surface area contributed by atoms with Crippen LogP contribution >= 0.6 is 0 Å². The Morgan fingerprint density at radius 1 is 1.11 bits per heavy atom. The number of hydrogen-bond acceptors (Lipinski definition) is 2. The van der Waals surface area contributed by atoms with Gasteiger partial charge in [0, 0.05) is 32.2 Å². The van der Waals surface area contributed by atoms with Crippen LogP contribution in [-0.2, 0) is 0 Å². The summed E-state index contributed by atoms with van der Waals surface area (Å²) in [5, 5.41) is 0. The maximum Gasteiger partial charge on any atom is 0.0136 e. The van der Waals surface area contributed by atoms with Gasteiger partial charge in [0.05, 0.1) is 0 Å². The third-order valence-electron chi connectivity index (χ3n) is 4.97. The number of piperidine rings is 3. The van der Waals surface area contributed by atoms with Crippen LogP contribution in [-0.4, -0.2) is 48.6 Å². The van der Waals surface area contributed by atoms with Gasteiger partial charge in [0.2, 0.25) is 0 Å². The smallest absolute Gasteiger partial charge is 0.0136 e. The Balaban J connectivity index is 0.00000120. The molecule has 0 N–H and O–H groups in total. The van der Waals surface area contributed by atoms with Gasteiger partial charge in [0.25, 0.3) is 0 Å². The van der Waals surface area contributed by atoms with E-state index in [-0.39, 0.29) is 7.43 Å². The molecule has 0 aromatic rings. The zero-order valence-corrected chi connectivity index (χ0v) is 11.6. The highest BCUT2D eigenvalue weighted by Crippen LogP contribution is 2.37. The van der Waals surface area contributed by atoms with Crippen LogP contribution in [0.5, 0.6) is 0 Å². The van der Waals surface area contributed by atoms with Gasteiger partial charge in [-0.05, 0) is 43.6 Å². The maximum atomic E-state index is 2.83. The summed E-state index contributed by atoms with van der Waals surface area (Å²) in [7, 11) is 0. The molecule has 0 saturated carbocycles. The molecule has 0 unspecified atom stereocenters. The molecule has 3 fully saturated rings. The summed E-state index contributed by atoms with van der Waals surface area (Å²) in [6.07, 6.45) is 5.93. The van der Waals surface area contributed by atoms with Gasteiger partial charge in [0.15, 0.2) is 0 Å². The van der Waals surface area contributed by atoms with Gasteiger partial charge in [-0.3, -0.25) is 4.90 Å². The fraction of sp³-hybridized carbons (Fsp3) is 1.00. The first kappa shape index (κ1) is 14.3. The molecule has 0 spiro atoms. The summed E-state index contributed by atoms with van der Waals surface area (Å²) in [4.78, 5) is 5.59. The van der Waals surface area contributed by atoms with Crippen LogP contribution in [0.3, 0.4) is 0 Å². The summed E-state index contributed by atoms with van der Waals surface area (Å²) < 4.78 is 0. The van der Waals surface area contributed by atoms with E-state index in [1.54, 1.807) is 0 Å². The van der Waals surface area contributed by atoms with Crippen molar-refractivity contribution in [3.05, 3.63) is 0 Å². The predicted octanol–water partition coefficient (Wildman–Crippen LogP) is 3.08. The minimum Gasteiger partial charge on any atom is -0.302 e. The van der Waals surface area contributed by atoms with Crippen molar-refractivity contribution in [2.75, 3.05) is 32.7 Å². The van der Waals surface area contributed by atoms with Gasteiger partial charge in [-0.15, -0.1) is 0 Å². The number of likely N-dealkylation sites (tertiary alicyclic amines) is 1. The fourth-order valence-electron chi connectivity index (χ4n) is 4.53. The van der Waals surface area contributed by atoms with Crippen molar-refractivity contribution in [1.82, 2.24) is 9.80 Å². The molecule has 2 heteroatoms. The Bertz CT molecular complexity index is 264. The van der Waals surface area contributed by atoms with Crippen LogP contribution in [0.1, 0.15) is 47.0 Å². The van der Waals surface area contributed by atoms with E-state index < -0.39 is 0 Å². The lowest BCUT2D eigenvalue weighted by Gasteiger charge is -2.52. The van der Waals surface area contributed by atoms with Crippen LogP contribution < -0.4 is 0 Å². The molecule has 106 valence electrons.